The number of hydrogen-bond acceptors (Lipinski definition) is 3. The van der Waals surface area contributed by atoms with Crippen molar-refractivity contribution in [2.24, 2.45) is 4.99 Å². The predicted molar refractivity (Wildman–Crippen MR) is 105 cm³/mol. The number of aliphatic imine (C=N–C) groups is 1. The van der Waals surface area contributed by atoms with Crippen molar-refractivity contribution in [3.8, 4) is 0 Å². The molecule has 3 nitrogen and oxygen atoms in total. The Morgan fingerprint density at radius 1 is 1.18 bits per heavy atom. The number of nitrogens with zero attached hydrogens (tertiary/aromatic N) is 1. The molecule has 1 aliphatic rings. The van der Waals surface area contributed by atoms with Gasteiger partial charge in [0, 0.05) is 22.4 Å². The highest BCUT2D eigenvalue weighted by Crippen LogP contribution is 2.41. The van der Waals surface area contributed by atoms with Crippen molar-refractivity contribution in [3.05, 3.63) is 70.8 Å². The first kappa shape index (κ1) is 20.5. The van der Waals surface area contributed by atoms with E-state index in [-0.39, 0.29) is 34.8 Å². The first-order chi connectivity index (χ1) is 13.2. The van der Waals surface area contributed by atoms with E-state index < -0.39 is 11.5 Å². The first-order valence-corrected chi connectivity index (χ1v) is 9.53. The molecule has 1 atom stereocenters. The van der Waals surface area contributed by atoms with Crippen LogP contribution in [0.1, 0.15) is 23.5 Å². The fourth-order valence-electron chi connectivity index (χ4n) is 3.12. The highest BCUT2D eigenvalue weighted by atomic mass is 35.5. The number of carboxylic acids is 1. The Balaban J connectivity index is 2.09. The molecule has 2 aromatic carbocycles. The van der Waals surface area contributed by atoms with Crippen LogP contribution in [0.5, 0.6) is 0 Å². The van der Waals surface area contributed by atoms with Crippen molar-refractivity contribution in [2.75, 3.05) is 6.54 Å². The van der Waals surface area contributed by atoms with Crippen LogP contribution in [0.25, 0.3) is 5.57 Å². The molecule has 0 fully saturated rings. The summed E-state index contributed by atoms with van der Waals surface area (Å²) in [4.78, 5) is 15.6. The molecular weight excluding hydrogens is 411 g/mol. The molecule has 0 amide bonds. The summed E-state index contributed by atoms with van der Waals surface area (Å²) in [6.07, 6.45) is 1.96. The summed E-state index contributed by atoms with van der Waals surface area (Å²) in [6.45, 7) is 0.288. The van der Waals surface area contributed by atoms with E-state index in [2.05, 4.69) is 4.99 Å². The smallest absolute Gasteiger partial charge is 0.446 e. The lowest BCUT2D eigenvalue weighted by Crippen LogP contribution is -2.10. The van der Waals surface area contributed by atoms with Crippen LogP contribution in [0.15, 0.2) is 64.5 Å². The van der Waals surface area contributed by atoms with Crippen LogP contribution in [0, 0.1) is 0 Å². The monoisotopic (exact) mass is 425 g/mol. The normalized spacial score (nSPS) is 17.5. The molecule has 0 spiro atoms. The average Bonchev–Trinajstić information content (AvgIpc) is 2.83. The minimum atomic E-state index is -4.41. The van der Waals surface area contributed by atoms with Crippen LogP contribution in [-0.2, 0) is 4.79 Å². The Hall–Kier alpha value is -2.25. The second-order valence-electron chi connectivity index (χ2n) is 6.14. The number of carbonyl (C=O) groups is 1. The van der Waals surface area contributed by atoms with Crippen molar-refractivity contribution >= 4 is 40.6 Å². The minimum absolute atomic E-state index is 0.0359. The Kier molecular flexibility index (Phi) is 6.15. The summed E-state index contributed by atoms with van der Waals surface area (Å²) < 4.78 is 38.3. The number of benzene rings is 2. The number of halogens is 4. The van der Waals surface area contributed by atoms with Crippen molar-refractivity contribution in [3.63, 3.8) is 0 Å². The fraction of sp³-hybridized carbons (Fsp3) is 0.200. The lowest BCUT2D eigenvalue weighted by atomic mass is 9.84. The second kappa shape index (κ2) is 8.41. The highest BCUT2D eigenvalue weighted by Gasteiger charge is 2.30. The van der Waals surface area contributed by atoms with Crippen molar-refractivity contribution in [2.45, 2.75) is 22.7 Å². The van der Waals surface area contributed by atoms with Crippen LogP contribution in [0.2, 0.25) is 5.02 Å². The van der Waals surface area contributed by atoms with Gasteiger partial charge in [0.1, 0.15) is 5.71 Å². The molecule has 8 heteroatoms. The molecular formula is C20H15ClF3NO2S. The molecule has 1 aliphatic heterocycles. The lowest BCUT2D eigenvalue weighted by molar-refractivity contribution is -0.129. The Morgan fingerprint density at radius 3 is 2.61 bits per heavy atom. The number of thioether (sulfide) groups is 1. The molecule has 0 aromatic heterocycles. The molecule has 0 radical (unpaired) electrons. The first-order valence-electron chi connectivity index (χ1n) is 8.34. The van der Waals surface area contributed by atoms with Gasteiger partial charge in [-0.15, -0.1) is 0 Å². The topological polar surface area (TPSA) is 49.7 Å². The number of rotatable bonds is 4. The van der Waals surface area contributed by atoms with Crippen LogP contribution in [0.4, 0.5) is 13.2 Å². The SMILES string of the molecule is O=C(O)C1=NCCC(c2cccc(Cl)c2)C(c2cccc(SC(F)(F)F)c2)=C1. The zero-order chi connectivity index (χ0) is 20.3. The minimum Gasteiger partial charge on any atom is -0.477 e. The standard InChI is InChI=1S/C20H15ClF3NO2S/c21-14-5-1-3-12(9-14)16-7-8-25-18(19(26)27)11-17(16)13-4-2-6-15(10-13)28-20(22,23)24/h1-6,9-11,16H,7-8H2,(H,26,27). The largest absolute Gasteiger partial charge is 0.477 e. The highest BCUT2D eigenvalue weighted by molar-refractivity contribution is 8.00. The van der Waals surface area contributed by atoms with E-state index in [1.807, 2.05) is 6.07 Å². The number of hydrogen-bond donors (Lipinski definition) is 1. The molecule has 1 heterocycles. The second-order valence-corrected chi connectivity index (χ2v) is 7.72. The van der Waals surface area contributed by atoms with Crippen molar-refractivity contribution in [1.29, 1.82) is 0 Å². The van der Waals surface area contributed by atoms with Gasteiger partial charge in [0.2, 0.25) is 0 Å². The van der Waals surface area contributed by atoms with E-state index in [1.165, 1.54) is 24.3 Å². The molecule has 28 heavy (non-hydrogen) atoms. The third-order valence-electron chi connectivity index (χ3n) is 4.24. The summed E-state index contributed by atoms with van der Waals surface area (Å²) in [5, 5.41) is 9.92. The van der Waals surface area contributed by atoms with E-state index in [0.717, 1.165) is 5.56 Å². The summed E-state index contributed by atoms with van der Waals surface area (Å²) in [6, 6.07) is 13.2. The number of alkyl halides is 3. The Bertz CT molecular complexity index is 956. The molecule has 3 rings (SSSR count). The average molecular weight is 426 g/mol. The molecule has 0 saturated carbocycles. The molecule has 0 bridgehead atoms. The predicted octanol–water partition coefficient (Wildman–Crippen LogP) is 6.05. The summed E-state index contributed by atoms with van der Waals surface area (Å²) >= 11 is 5.90. The molecule has 2 aromatic rings. The third-order valence-corrected chi connectivity index (χ3v) is 5.19. The maximum Gasteiger partial charge on any atom is 0.446 e. The van der Waals surface area contributed by atoms with E-state index in [0.29, 0.717) is 22.6 Å². The molecule has 0 saturated heterocycles. The van der Waals surface area contributed by atoms with Gasteiger partial charge in [-0.3, -0.25) is 4.99 Å². The van der Waals surface area contributed by atoms with E-state index in [9.17, 15) is 23.1 Å². The van der Waals surface area contributed by atoms with Gasteiger partial charge >= 0.3 is 11.5 Å². The summed E-state index contributed by atoms with van der Waals surface area (Å²) in [5.41, 5.74) is -2.54. The van der Waals surface area contributed by atoms with Gasteiger partial charge in [0.05, 0.1) is 0 Å². The van der Waals surface area contributed by atoms with Gasteiger partial charge in [0.25, 0.3) is 0 Å². The zero-order valence-electron chi connectivity index (χ0n) is 14.4. The van der Waals surface area contributed by atoms with Crippen LogP contribution < -0.4 is 0 Å². The van der Waals surface area contributed by atoms with Crippen LogP contribution >= 0.6 is 23.4 Å². The van der Waals surface area contributed by atoms with Crippen LogP contribution in [0.3, 0.4) is 0 Å². The Morgan fingerprint density at radius 2 is 1.93 bits per heavy atom. The van der Waals surface area contributed by atoms with Gasteiger partial charge in [0.15, 0.2) is 0 Å². The fourth-order valence-corrected chi connectivity index (χ4v) is 3.92. The quantitative estimate of drug-likeness (QED) is 0.607. The maximum absolute atomic E-state index is 12.8. The van der Waals surface area contributed by atoms with Crippen LogP contribution in [-0.4, -0.2) is 28.8 Å². The van der Waals surface area contributed by atoms with Crippen molar-refractivity contribution < 1.29 is 23.1 Å². The van der Waals surface area contributed by atoms with Gasteiger partial charge in [-0.1, -0.05) is 35.9 Å². The molecule has 1 unspecified atom stereocenters. The van der Waals surface area contributed by atoms with Gasteiger partial charge in [-0.2, -0.15) is 13.2 Å². The summed E-state index contributed by atoms with van der Waals surface area (Å²) in [5.74, 6) is -1.42. The molecule has 1 N–H and O–H groups in total. The van der Waals surface area contributed by atoms with E-state index in [1.54, 1.807) is 24.3 Å². The molecule has 0 aliphatic carbocycles. The van der Waals surface area contributed by atoms with Gasteiger partial charge < -0.3 is 5.11 Å². The number of carboxylic acid groups (broad SMARTS) is 1. The maximum atomic E-state index is 12.8. The van der Waals surface area contributed by atoms with Gasteiger partial charge in [-0.25, -0.2) is 4.79 Å². The van der Waals surface area contributed by atoms with Gasteiger partial charge in [-0.05, 0) is 65.2 Å². The van der Waals surface area contributed by atoms with E-state index in [4.69, 9.17) is 11.6 Å². The lowest BCUT2D eigenvalue weighted by Gasteiger charge is -2.20. The van der Waals surface area contributed by atoms with E-state index >= 15 is 0 Å². The molecule has 146 valence electrons. The third kappa shape index (κ3) is 5.17. The Labute approximate surface area is 168 Å². The zero-order valence-corrected chi connectivity index (χ0v) is 16.0. The number of allylic oxidation sites excluding steroid dienone is 1. The van der Waals surface area contributed by atoms with Crippen molar-refractivity contribution in [1.82, 2.24) is 0 Å². The summed E-state index contributed by atoms with van der Waals surface area (Å²) in [7, 11) is 0. The number of aliphatic carboxylic acids is 1.